The van der Waals surface area contributed by atoms with Crippen LogP contribution in [0.15, 0.2) is 51.6 Å². The van der Waals surface area contributed by atoms with Crippen molar-refractivity contribution in [3.05, 3.63) is 53.9 Å². The summed E-state index contributed by atoms with van der Waals surface area (Å²) in [6.07, 6.45) is -2.47. The smallest absolute Gasteiger partial charge is 0.416 e. The second kappa shape index (κ2) is 7.56. The molecule has 0 aliphatic carbocycles. The molecule has 3 aromatic rings. The molecule has 0 aliphatic rings. The number of nitrogens with one attached hydrogen (secondary N) is 1. The number of aromatic nitrogens is 1. The lowest BCUT2D eigenvalue weighted by molar-refractivity contribution is -0.137. The molecule has 1 aromatic carbocycles. The number of anilines is 1. The maximum atomic E-state index is 13.0. The maximum absolute atomic E-state index is 13.0. The van der Waals surface area contributed by atoms with Gasteiger partial charge in [0.15, 0.2) is 11.5 Å². The number of carbonyl (C=O) groups excluding carboxylic acids is 1. The number of ether oxygens (including phenoxy) is 1. The first-order valence-corrected chi connectivity index (χ1v) is 8.04. The Morgan fingerprint density at radius 3 is 2.70 bits per heavy atom. The Morgan fingerprint density at radius 1 is 1.22 bits per heavy atom. The molecule has 0 saturated heterocycles. The van der Waals surface area contributed by atoms with Crippen LogP contribution in [0.2, 0.25) is 0 Å². The van der Waals surface area contributed by atoms with Crippen molar-refractivity contribution in [3.63, 3.8) is 0 Å². The SMILES string of the molecule is CCCOc1ccc(C(F)(F)F)cc1NC(=O)c1cc(-c2ccco2)on1. The van der Waals surface area contributed by atoms with Crippen LogP contribution in [0.3, 0.4) is 0 Å². The van der Waals surface area contributed by atoms with E-state index in [1.165, 1.54) is 18.4 Å². The number of carbonyl (C=O) groups is 1. The number of nitrogens with zero attached hydrogens (tertiary/aromatic N) is 1. The molecule has 0 aliphatic heterocycles. The van der Waals surface area contributed by atoms with E-state index in [0.717, 1.165) is 12.1 Å². The monoisotopic (exact) mass is 380 g/mol. The first-order chi connectivity index (χ1) is 12.9. The van der Waals surface area contributed by atoms with E-state index in [1.807, 2.05) is 6.92 Å². The quantitative estimate of drug-likeness (QED) is 0.652. The Kier molecular flexibility index (Phi) is 5.20. The minimum atomic E-state index is -4.55. The van der Waals surface area contributed by atoms with E-state index in [9.17, 15) is 18.0 Å². The second-order valence-corrected chi connectivity index (χ2v) is 5.56. The first-order valence-electron chi connectivity index (χ1n) is 8.04. The average molecular weight is 380 g/mol. The van der Waals surface area contributed by atoms with Gasteiger partial charge in [-0.3, -0.25) is 4.79 Å². The van der Waals surface area contributed by atoms with Gasteiger partial charge in [-0.05, 0) is 36.8 Å². The van der Waals surface area contributed by atoms with Gasteiger partial charge in [0.2, 0.25) is 5.76 Å². The van der Waals surface area contributed by atoms with Gasteiger partial charge < -0.3 is 19.0 Å². The fraction of sp³-hybridized carbons (Fsp3) is 0.222. The topological polar surface area (TPSA) is 77.5 Å². The molecule has 1 amide bonds. The average Bonchev–Trinajstić information content (AvgIpc) is 3.30. The Balaban J connectivity index is 1.85. The van der Waals surface area contributed by atoms with E-state index in [2.05, 4.69) is 10.5 Å². The summed E-state index contributed by atoms with van der Waals surface area (Å²) in [6.45, 7) is 2.15. The summed E-state index contributed by atoms with van der Waals surface area (Å²) >= 11 is 0. The summed E-state index contributed by atoms with van der Waals surface area (Å²) in [7, 11) is 0. The van der Waals surface area contributed by atoms with Gasteiger partial charge in [0.1, 0.15) is 5.75 Å². The highest BCUT2D eigenvalue weighted by molar-refractivity contribution is 6.04. The lowest BCUT2D eigenvalue weighted by Gasteiger charge is -2.14. The number of halogens is 3. The largest absolute Gasteiger partial charge is 0.491 e. The Labute approximate surface area is 151 Å². The third kappa shape index (κ3) is 4.30. The number of benzene rings is 1. The van der Waals surface area contributed by atoms with Gasteiger partial charge in [0.05, 0.1) is 24.1 Å². The Morgan fingerprint density at radius 2 is 2.04 bits per heavy atom. The highest BCUT2D eigenvalue weighted by Crippen LogP contribution is 2.35. The molecule has 9 heteroatoms. The molecule has 0 atom stereocenters. The number of rotatable bonds is 6. The molecule has 0 radical (unpaired) electrons. The molecule has 2 aromatic heterocycles. The van der Waals surface area contributed by atoms with Crippen LogP contribution in [0.5, 0.6) is 5.75 Å². The Hall–Kier alpha value is -3.23. The molecule has 1 N–H and O–H groups in total. The van der Waals surface area contributed by atoms with Gasteiger partial charge in [0, 0.05) is 6.07 Å². The van der Waals surface area contributed by atoms with Crippen LogP contribution < -0.4 is 10.1 Å². The molecule has 27 heavy (non-hydrogen) atoms. The summed E-state index contributed by atoms with van der Waals surface area (Å²) in [4.78, 5) is 12.4. The van der Waals surface area contributed by atoms with Crippen molar-refractivity contribution in [2.75, 3.05) is 11.9 Å². The molecule has 142 valence electrons. The van der Waals surface area contributed by atoms with Gasteiger partial charge in [0.25, 0.3) is 5.91 Å². The van der Waals surface area contributed by atoms with Gasteiger partial charge in [-0.25, -0.2) is 0 Å². The van der Waals surface area contributed by atoms with Crippen LogP contribution in [0.25, 0.3) is 11.5 Å². The van der Waals surface area contributed by atoms with Gasteiger partial charge in [-0.15, -0.1) is 0 Å². The van der Waals surface area contributed by atoms with Crippen LogP contribution in [0.4, 0.5) is 18.9 Å². The van der Waals surface area contributed by atoms with Crippen LogP contribution in [0.1, 0.15) is 29.4 Å². The summed E-state index contributed by atoms with van der Waals surface area (Å²) in [5.41, 5.74) is -1.12. The van der Waals surface area contributed by atoms with Crippen LogP contribution in [0, 0.1) is 0 Å². The molecule has 0 unspecified atom stereocenters. The highest BCUT2D eigenvalue weighted by atomic mass is 19.4. The zero-order chi connectivity index (χ0) is 19.4. The predicted molar refractivity (Wildman–Crippen MR) is 89.4 cm³/mol. The van der Waals surface area contributed by atoms with Crippen molar-refractivity contribution in [1.29, 1.82) is 0 Å². The van der Waals surface area contributed by atoms with Crippen molar-refractivity contribution in [2.24, 2.45) is 0 Å². The molecule has 0 fully saturated rings. The van der Waals surface area contributed by atoms with E-state index in [4.69, 9.17) is 13.7 Å². The molecule has 6 nitrogen and oxygen atoms in total. The van der Waals surface area contributed by atoms with E-state index in [1.54, 1.807) is 12.1 Å². The van der Waals surface area contributed by atoms with Crippen LogP contribution >= 0.6 is 0 Å². The molecule has 0 saturated carbocycles. The zero-order valence-electron chi connectivity index (χ0n) is 14.2. The molecule has 0 spiro atoms. The summed E-state index contributed by atoms with van der Waals surface area (Å²) in [5, 5.41) is 6.01. The second-order valence-electron chi connectivity index (χ2n) is 5.56. The third-order valence-electron chi connectivity index (χ3n) is 3.52. The van der Waals surface area contributed by atoms with E-state index in [-0.39, 0.29) is 22.9 Å². The highest BCUT2D eigenvalue weighted by Gasteiger charge is 2.31. The molecule has 3 rings (SSSR count). The van der Waals surface area contributed by atoms with Crippen molar-refractivity contribution in [1.82, 2.24) is 5.16 Å². The normalized spacial score (nSPS) is 11.4. The van der Waals surface area contributed by atoms with Gasteiger partial charge in [-0.2, -0.15) is 13.2 Å². The van der Waals surface area contributed by atoms with Gasteiger partial charge in [-0.1, -0.05) is 12.1 Å². The first kappa shape index (κ1) is 18.6. The predicted octanol–water partition coefficient (Wildman–Crippen LogP) is 4.99. The van der Waals surface area contributed by atoms with E-state index in [0.29, 0.717) is 18.8 Å². The number of furan rings is 1. The number of alkyl halides is 3. The van der Waals surface area contributed by atoms with Crippen molar-refractivity contribution >= 4 is 11.6 Å². The Bertz CT molecular complexity index is 917. The zero-order valence-corrected chi connectivity index (χ0v) is 14.2. The van der Waals surface area contributed by atoms with Crippen molar-refractivity contribution in [2.45, 2.75) is 19.5 Å². The fourth-order valence-corrected chi connectivity index (χ4v) is 2.25. The molecule has 0 bridgehead atoms. The van der Waals surface area contributed by atoms with E-state index < -0.39 is 17.6 Å². The van der Waals surface area contributed by atoms with Gasteiger partial charge >= 0.3 is 6.18 Å². The number of hydrogen-bond donors (Lipinski definition) is 1. The number of hydrogen-bond acceptors (Lipinski definition) is 5. The molecular formula is C18H15F3N2O4. The summed E-state index contributed by atoms with van der Waals surface area (Å²) in [6, 6.07) is 7.46. The molecular weight excluding hydrogens is 365 g/mol. The van der Waals surface area contributed by atoms with Crippen LogP contribution in [-0.2, 0) is 6.18 Å². The lowest BCUT2D eigenvalue weighted by atomic mass is 10.1. The minimum absolute atomic E-state index is 0.106. The number of amides is 1. The standard InChI is InChI=1S/C18H15F3N2O4/c1-2-7-25-14-6-5-11(18(19,20)21)9-12(14)22-17(24)13-10-16(27-23-13)15-4-3-8-26-15/h3-6,8-10H,2,7H2,1H3,(H,22,24). The van der Waals surface area contributed by atoms with Crippen molar-refractivity contribution in [3.8, 4) is 17.3 Å². The molecule has 2 heterocycles. The maximum Gasteiger partial charge on any atom is 0.416 e. The fourth-order valence-electron chi connectivity index (χ4n) is 2.25. The summed E-state index contributed by atoms with van der Waals surface area (Å²) < 4.78 is 54.5. The minimum Gasteiger partial charge on any atom is -0.491 e. The van der Waals surface area contributed by atoms with Crippen LogP contribution in [-0.4, -0.2) is 17.7 Å². The summed E-state index contributed by atoms with van der Waals surface area (Å²) in [5.74, 6) is -0.0191. The van der Waals surface area contributed by atoms with E-state index >= 15 is 0 Å². The lowest BCUT2D eigenvalue weighted by Crippen LogP contribution is -2.15. The van der Waals surface area contributed by atoms with Crippen molar-refractivity contribution < 1.29 is 31.6 Å². The third-order valence-corrected chi connectivity index (χ3v) is 3.52.